The fourth-order valence-electron chi connectivity index (χ4n) is 3.83. The number of likely N-dealkylation sites (tertiary alicyclic amines) is 1. The molecule has 2 aliphatic rings. The van der Waals surface area contributed by atoms with Crippen LogP contribution in [0.4, 0.5) is 0 Å². The second-order valence-electron chi connectivity index (χ2n) is 7.20. The van der Waals surface area contributed by atoms with Gasteiger partial charge in [-0.3, -0.25) is 14.5 Å². The van der Waals surface area contributed by atoms with E-state index < -0.39 is 10.0 Å². The summed E-state index contributed by atoms with van der Waals surface area (Å²) in [5, 5.41) is 2.96. The number of hydrogen-bond acceptors (Lipinski definition) is 5. The van der Waals surface area contributed by atoms with Crippen LogP contribution in [0.3, 0.4) is 0 Å². The summed E-state index contributed by atoms with van der Waals surface area (Å²) in [6, 6.07) is 6.43. The van der Waals surface area contributed by atoms with Crippen LogP contribution in [-0.4, -0.2) is 86.7 Å². The van der Waals surface area contributed by atoms with Crippen molar-refractivity contribution in [2.24, 2.45) is 0 Å². The topological polar surface area (TPSA) is 90.0 Å². The van der Waals surface area contributed by atoms with Crippen LogP contribution in [0.5, 0.6) is 0 Å². The third-order valence-corrected chi connectivity index (χ3v) is 7.49. The number of amides is 2. The fraction of sp³-hybridized carbons (Fsp3) is 0.579. The Labute approximate surface area is 166 Å². The van der Waals surface area contributed by atoms with Crippen LogP contribution in [0.25, 0.3) is 0 Å². The lowest BCUT2D eigenvalue weighted by atomic mass is 10.2. The maximum Gasteiger partial charge on any atom is 0.251 e. The molecule has 3 rings (SSSR count). The largest absolute Gasteiger partial charge is 0.350 e. The molecular weight excluding hydrogens is 380 g/mol. The van der Waals surface area contributed by atoms with E-state index in [2.05, 4.69) is 17.1 Å². The summed E-state index contributed by atoms with van der Waals surface area (Å²) in [5.74, 6) is -0.188. The lowest BCUT2D eigenvalue weighted by Gasteiger charge is -2.31. The number of sulfonamides is 1. The van der Waals surface area contributed by atoms with Crippen molar-refractivity contribution in [1.29, 1.82) is 0 Å². The minimum absolute atomic E-state index is 0.163. The molecule has 0 aliphatic carbocycles. The molecule has 9 heteroatoms. The van der Waals surface area contributed by atoms with Crippen molar-refractivity contribution in [2.75, 3.05) is 45.8 Å². The number of carbonyl (C=O) groups excluding carboxylic acids is 2. The normalized spacial score (nSPS) is 21.6. The zero-order chi connectivity index (χ0) is 20.1. The molecule has 0 radical (unpaired) electrons. The standard InChI is InChI=1S/C19H28N4O4S/c1-2-22-9-3-4-17(22)14-20-19(25)16-5-7-18(8-6-16)28(26,27)23-12-10-21(15-24)11-13-23/h5-8,15,17H,2-4,9-14H2,1H3,(H,20,25). The molecule has 0 spiro atoms. The maximum absolute atomic E-state index is 12.7. The van der Waals surface area contributed by atoms with Gasteiger partial charge >= 0.3 is 0 Å². The molecule has 0 saturated carbocycles. The Morgan fingerprint density at radius 2 is 1.82 bits per heavy atom. The molecular formula is C19H28N4O4S. The first-order valence-electron chi connectivity index (χ1n) is 9.77. The summed E-state index contributed by atoms with van der Waals surface area (Å²) >= 11 is 0. The lowest BCUT2D eigenvalue weighted by Crippen LogP contribution is -2.47. The maximum atomic E-state index is 12.7. The van der Waals surface area contributed by atoms with Gasteiger partial charge in [0.05, 0.1) is 4.90 Å². The minimum Gasteiger partial charge on any atom is -0.350 e. The Kier molecular flexibility index (Phi) is 6.69. The van der Waals surface area contributed by atoms with E-state index in [1.54, 1.807) is 17.0 Å². The van der Waals surface area contributed by atoms with Gasteiger partial charge in [0.15, 0.2) is 0 Å². The molecule has 154 valence electrons. The quantitative estimate of drug-likeness (QED) is 0.658. The van der Waals surface area contributed by atoms with E-state index in [-0.39, 0.29) is 23.9 Å². The van der Waals surface area contributed by atoms with Gasteiger partial charge in [-0.2, -0.15) is 4.31 Å². The molecule has 1 unspecified atom stereocenters. The Hall–Kier alpha value is -1.97. The van der Waals surface area contributed by atoms with Crippen LogP contribution < -0.4 is 5.32 Å². The second kappa shape index (κ2) is 9.02. The zero-order valence-corrected chi connectivity index (χ0v) is 17.0. The highest BCUT2D eigenvalue weighted by atomic mass is 32.2. The summed E-state index contributed by atoms with van der Waals surface area (Å²) < 4.78 is 26.9. The second-order valence-corrected chi connectivity index (χ2v) is 9.14. The van der Waals surface area contributed by atoms with Gasteiger partial charge in [0, 0.05) is 44.3 Å². The molecule has 0 aromatic heterocycles. The van der Waals surface area contributed by atoms with Gasteiger partial charge in [-0.1, -0.05) is 6.92 Å². The average molecular weight is 409 g/mol. The molecule has 28 heavy (non-hydrogen) atoms. The Bertz CT molecular complexity index is 789. The van der Waals surface area contributed by atoms with Crippen LogP contribution in [0.15, 0.2) is 29.2 Å². The van der Waals surface area contributed by atoms with E-state index in [0.717, 1.165) is 32.3 Å². The Morgan fingerprint density at radius 1 is 1.14 bits per heavy atom. The third kappa shape index (κ3) is 4.53. The van der Waals surface area contributed by atoms with Gasteiger partial charge in [0.2, 0.25) is 16.4 Å². The van der Waals surface area contributed by atoms with Crippen LogP contribution in [0.2, 0.25) is 0 Å². The first kappa shape index (κ1) is 20.8. The molecule has 8 nitrogen and oxygen atoms in total. The van der Waals surface area contributed by atoms with Crippen LogP contribution >= 0.6 is 0 Å². The lowest BCUT2D eigenvalue weighted by molar-refractivity contribution is -0.119. The van der Waals surface area contributed by atoms with Crippen LogP contribution in [0, 0.1) is 0 Å². The average Bonchev–Trinajstić information content (AvgIpc) is 3.19. The van der Waals surface area contributed by atoms with Crippen molar-refractivity contribution in [2.45, 2.75) is 30.7 Å². The first-order valence-corrected chi connectivity index (χ1v) is 11.2. The van der Waals surface area contributed by atoms with Gasteiger partial charge < -0.3 is 10.2 Å². The van der Waals surface area contributed by atoms with Crippen LogP contribution in [0.1, 0.15) is 30.1 Å². The minimum atomic E-state index is -3.62. The van der Waals surface area contributed by atoms with E-state index in [1.807, 2.05) is 0 Å². The highest BCUT2D eigenvalue weighted by Gasteiger charge is 2.28. The van der Waals surface area contributed by atoms with Crippen molar-refractivity contribution >= 4 is 22.3 Å². The molecule has 1 aromatic rings. The van der Waals surface area contributed by atoms with Gasteiger partial charge in [-0.05, 0) is 50.2 Å². The van der Waals surface area contributed by atoms with Gasteiger partial charge in [0.25, 0.3) is 5.91 Å². The first-order chi connectivity index (χ1) is 13.5. The SMILES string of the molecule is CCN1CCCC1CNC(=O)c1ccc(S(=O)(=O)N2CCN(C=O)CC2)cc1. The van der Waals surface area contributed by atoms with E-state index >= 15 is 0 Å². The number of carbonyl (C=O) groups is 2. The number of nitrogens with one attached hydrogen (secondary N) is 1. The molecule has 2 amide bonds. The molecule has 1 aromatic carbocycles. The van der Waals surface area contributed by atoms with Crippen molar-refractivity contribution in [3.05, 3.63) is 29.8 Å². The van der Waals surface area contributed by atoms with Crippen molar-refractivity contribution in [3.8, 4) is 0 Å². The highest BCUT2D eigenvalue weighted by Crippen LogP contribution is 2.19. The predicted octanol–water partition coefficient (Wildman–Crippen LogP) is 0.363. The van der Waals surface area contributed by atoms with Crippen molar-refractivity contribution in [1.82, 2.24) is 19.4 Å². The summed E-state index contributed by atoms with van der Waals surface area (Å²) in [4.78, 5) is 27.3. The van der Waals surface area contributed by atoms with Crippen molar-refractivity contribution < 1.29 is 18.0 Å². The Morgan fingerprint density at radius 3 is 2.43 bits per heavy atom. The number of hydrogen-bond donors (Lipinski definition) is 1. The highest BCUT2D eigenvalue weighted by molar-refractivity contribution is 7.89. The van der Waals surface area contributed by atoms with Crippen LogP contribution in [-0.2, 0) is 14.8 Å². The Balaban J connectivity index is 1.59. The van der Waals surface area contributed by atoms with Gasteiger partial charge in [-0.15, -0.1) is 0 Å². The van der Waals surface area contributed by atoms with E-state index in [1.165, 1.54) is 16.4 Å². The number of rotatable bonds is 7. The number of piperazine rings is 1. The van der Waals surface area contributed by atoms with Crippen molar-refractivity contribution in [3.63, 3.8) is 0 Å². The molecule has 2 aliphatic heterocycles. The summed E-state index contributed by atoms with van der Waals surface area (Å²) in [7, 11) is -3.62. The number of likely N-dealkylation sites (N-methyl/N-ethyl adjacent to an activating group) is 1. The number of nitrogens with zero attached hydrogens (tertiary/aromatic N) is 3. The predicted molar refractivity (Wildman–Crippen MR) is 105 cm³/mol. The van der Waals surface area contributed by atoms with E-state index in [9.17, 15) is 18.0 Å². The fourth-order valence-corrected chi connectivity index (χ4v) is 5.25. The molecule has 2 heterocycles. The summed E-state index contributed by atoms with van der Waals surface area (Å²) in [5.41, 5.74) is 0.450. The van der Waals surface area contributed by atoms with Gasteiger partial charge in [-0.25, -0.2) is 8.42 Å². The summed E-state index contributed by atoms with van der Waals surface area (Å²) in [6.45, 7) is 6.11. The smallest absolute Gasteiger partial charge is 0.251 e. The summed E-state index contributed by atoms with van der Waals surface area (Å²) in [6.07, 6.45) is 2.98. The third-order valence-electron chi connectivity index (χ3n) is 5.58. The molecule has 0 bridgehead atoms. The van der Waals surface area contributed by atoms with Gasteiger partial charge in [0.1, 0.15) is 0 Å². The number of benzene rings is 1. The monoisotopic (exact) mass is 408 g/mol. The molecule has 1 atom stereocenters. The zero-order valence-electron chi connectivity index (χ0n) is 16.2. The van der Waals surface area contributed by atoms with E-state index in [0.29, 0.717) is 31.2 Å². The van der Waals surface area contributed by atoms with E-state index in [4.69, 9.17) is 0 Å². The molecule has 1 N–H and O–H groups in total. The molecule has 2 fully saturated rings. The molecule has 2 saturated heterocycles.